The van der Waals surface area contributed by atoms with Gasteiger partial charge in [-0.2, -0.15) is 43.9 Å². The highest BCUT2D eigenvalue weighted by atomic mass is 19.4. The number of halogens is 11. The Kier molecular flexibility index (Phi) is 5.06. The van der Waals surface area contributed by atoms with Gasteiger partial charge in [0.15, 0.2) is 0 Å². The molecule has 0 aromatic carbocycles. The van der Waals surface area contributed by atoms with Crippen molar-refractivity contribution in [1.82, 2.24) is 0 Å². The molecule has 0 rings (SSSR count). The van der Waals surface area contributed by atoms with Crippen molar-refractivity contribution in [2.75, 3.05) is 13.2 Å². The van der Waals surface area contributed by atoms with E-state index < -0.39 is 43.6 Å². The lowest BCUT2D eigenvalue weighted by molar-refractivity contribution is -0.362. The summed E-state index contributed by atoms with van der Waals surface area (Å²) in [4.78, 5) is 0. The molecule has 1 unspecified atom stereocenters. The van der Waals surface area contributed by atoms with Gasteiger partial charge in [0.05, 0.1) is 6.61 Å². The fourth-order valence-electron chi connectivity index (χ4n) is 0.683. The molecule has 0 fully saturated rings. The normalized spacial score (nSPS) is 16.6. The summed E-state index contributed by atoms with van der Waals surface area (Å²) < 4.78 is 134. The first-order chi connectivity index (χ1) is 8.13. The van der Waals surface area contributed by atoms with Gasteiger partial charge in [-0.25, -0.2) is 4.39 Å². The van der Waals surface area contributed by atoms with Crippen LogP contribution in [0.4, 0.5) is 48.3 Å². The second-order valence-corrected chi connectivity index (χ2v) is 3.30. The van der Waals surface area contributed by atoms with Crippen molar-refractivity contribution in [2.24, 2.45) is 0 Å². The van der Waals surface area contributed by atoms with Gasteiger partial charge in [-0.3, -0.25) is 0 Å². The molecule has 0 N–H and O–H groups in total. The number of rotatable bonds is 5. The summed E-state index contributed by atoms with van der Waals surface area (Å²) in [5.74, 6) is -12.3. The van der Waals surface area contributed by atoms with E-state index in [1.165, 1.54) is 0 Å². The zero-order valence-corrected chi connectivity index (χ0v) is 8.56. The molecule has 0 radical (unpaired) electrons. The molecule has 0 aromatic rings. The minimum atomic E-state index is -6.63. The fourth-order valence-corrected chi connectivity index (χ4v) is 0.683. The van der Waals surface area contributed by atoms with Crippen LogP contribution in [0.2, 0.25) is 0 Å². The molecule has 0 aliphatic heterocycles. The first-order valence-corrected chi connectivity index (χ1v) is 4.24. The maximum atomic E-state index is 12.4. The van der Waals surface area contributed by atoms with E-state index in [9.17, 15) is 48.3 Å². The van der Waals surface area contributed by atoms with Crippen LogP contribution in [0.5, 0.6) is 0 Å². The summed E-state index contributed by atoms with van der Waals surface area (Å²) in [7, 11) is 0. The topological polar surface area (TPSA) is 9.23 Å². The summed E-state index contributed by atoms with van der Waals surface area (Å²) in [6.07, 6.45) is -15.9. The van der Waals surface area contributed by atoms with Crippen molar-refractivity contribution in [3.63, 3.8) is 0 Å². The van der Waals surface area contributed by atoms with E-state index in [2.05, 4.69) is 4.74 Å². The summed E-state index contributed by atoms with van der Waals surface area (Å²) in [6, 6.07) is 0. The molecule has 0 amide bonds. The third-order valence-corrected chi connectivity index (χ3v) is 1.72. The van der Waals surface area contributed by atoms with Crippen LogP contribution in [0.25, 0.3) is 0 Å². The molecule has 0 heterocycles. The average molecular weight is 314 g/mol. The van der Waals surface area contributed by atoms with E-state index in [0.717, 1.165) is 0 Å². The molecule has 1 nitrogen and oxygen atoms in total. The molecule has 0 aliphatic carbocycles. The fraction of sp³-hybridized carbons (Fsp3) is 1.00. The van der Waals surface area contributed by atoms with Gasteiger partial charge in [-0.15, -0.1) is 0 Å². The molecule has 0 aromatic heterocycles. The van der Waals surface area contributed by atoms with Gasteiger partial charge >= 0.3 is 24.2 Å². The highest BCUT2D eigenvalue weighted by Gasteiger charge is 2.73. The minimum absolute atomic E-state index is 2.12. The molecule has 0 saturated carbocycles. The third kappa shape index (κ3) is 4.35. The molecule has 1 atom stereocenters. The monoisotopic (exact) mass is 314 g/mol. The average Bonchev–Trinajstić information content (AvgIpc) is 2.13. The number of ether oxygens (including phenoxy) is 1. The quantitative estimate of drug-likeness (QED) is 0.703. The van der Waals surface area contributed by atoms with Gasteiger partial charge in [0.1, 0.15) is 6.61 Å². The molecular weight excluding hydrogens is 309 g/mol. The van der Waals surface area contributed by atoms with E-state index >= 15 is 0 Å². The second-order valence-electron chi connectivity index (χ2n) is 3.30. The molecule has 0 saturated heterocycles. The Morgan fingerprint density at radius 3 is 1.53 bits per heavy atom. The van der Waals surface area contributed by atoms with E-state index in [1.54, 1.807) is 0 Å². The molecular formula is C7H5F11O. The summed E-state index contributed by atoms with van der Waals surface area (Å²) in [5.41, 5.74) is 0. The van der Waals surface area contributed by atoms with Crippen LogP contribution < -0.4 is 0 Å². The van der Waals surface area contributed by atoms with E-state index in [4.69, 9.17) is 0 Å². The minimum Gasteiger partial charge on any atom is -0.372 e. The summed E-state index contributed by atoms with van der Waals surface area (Å²) in [6.45, 7) is -4.83. The maximum absolute atomic E-state index is 12.4. The van der Waals surface area contributed by atoms with Crippen molar-refractivity contribution in [3.8, 4) is 0 Å². The lowest BCUT2D eigenvalue weighted by atomic mass is 10.2. The maximum Gasteiger partial charge on any atom is 0.459 e. The first kappa shape index (κ1) is 18.2. The van der Waals surface area contributed by atoms with Gasteiger partial charge in [-0.05, 0) is 0 Å². The zero-order chi connectivity index (χ0) is 15.7. The Morgan fingerprint density at radius 2 is 1.21 bits per heavy atom. The van der Waals surface area contributed by atoms with Crippen molar-refractivity contribution in [3.05, 3.63) is 0 Å². The molecule has 0 bridgehead atoms. The highest BCUT2D eigenvalue weighted by molar-refractivity contribution is 4.91. The van der Waals surface area contributed by atoms with Gasteiger partial charge in [-0.1, -0.05) is 0 Å². The highest BCUT2D eigenvalue weighted by Crippen LogP contribution is 2.46. The zero-order valence-electron chi connectivity index (χ0n) is 8.56. The Balaban J connectivity index is 4.57. The SMILES string of the molecule is FC(COCC(F)(F)C(F)(F)C(F)(F)F)C(F)(F)F. The van der Waals surface area contributed by atoms with Crippen molar-refractivity contribution < 1.29 is 53.0 Å². The smallest absolute Gasteiger partial charge is 0.372 e. The van der Waals surface area contributed by atoms with Crippen LogP contribution in [-0.4, -0.2) is 43.6 Å². The Hall–Kier alpha value is -0.810. The molecule has 12 heteroatoms. The molecule has 0 aliphatic rings. The molecule has 19 heavy (non-hydrogen) atoms. The molecule has 0 spiro atoms. The predicted molar refractivity (Wildman–Crippen MR) is 37.7 cm³/mol. The van der Waals surface area contributed by atoms with Crippen LogP contribution in [0.1, 0.15) is 0 Å². The Bertz CT molecular complexity index is 290. The Labute approximate surface area is 97.9 Å². The van der Waals surface area contributed by atoms with Crippen molar-refractivity contribution in [1.29, 1.82) is 0 Å². The van der Waals surface area contributed by atoms with Crippen LogP contribution >= 0.6 is 0 Å². The van der Waals surface area contributed by atoms with E-state index in [-0.39, 0.29) is 0 Å². The number of hydrogen-bond acceptors (Lipinski definition) is 1. The van der Waals surface area contributed by atoms with Crippen LogP contribution in [0.3, 0.4) is 0 Å². The first-order valence-electron chi connectivity index (χ1n) is 4.24. The third-order valence-electron chi connectivity index (χ3n) is 1.72. The van der Waals surface area contributed by atoms with E-state index in [0.29, 0.717) is 0 Å². The second kappa shape index (κ2) is 5.29. The van der Waals surface area contributed by atoms with Gasteiger partial charge < -0.3 is 4.74 Å². The summed E-state index contributed by atoms with van der Waals surface area (Å²) in [5, 5.41) is 0. The van der Waals surface area contributed by atoms with Crippen molar-refractivity contribution in [2.45, 2.75) is 30.4 Å². The number of alkyl halides is 11. The Morgan fingerprint density at radius 1 is 0.789 bits per heavy atom. The standard InChI is InChI=1S/C7H5F11O/c8-3(5(11,12)13)1-19-2-4(9,10)6(14,15)7(16,17)18/h3H,1-2H2. The largest absolute Gasteiger partial charge is 0.459 e. The van der Waals surface area contributed by atoms with E-state index in [1.807, 2.05) is 0 Å². The van der Waals surface area contributed by atoms with Crippen molar-refractivity contribution >= 4 is 0 Å². The van der Waals surface area contributed by atoms with Gasteiger partial charge in [0.2, 0.25) is 6.17 Å². The van der Waals surface area contributed by atoms with Crippen LogP contribution in [-0.2, 0) is 4.74 Å². The van der Waals surface area contributed by atoms with Gasteiger partial charge in [0.25, 0.3) is 0 Å². The lowest BCUT2D eigenvalue weighted by Gasteiger charge is -2.28. The van der Waals surface area contributed by atoms with Crippen LogP contribution in [0, 0.1) is 0 Å². The molecule has 116 valence electrons. The predicted octanol–water partition coefficient (Wildman–Crippen LogP) is 3.74. The van der Waals surface area contributed by atoms with Crippen LogP contribution in [0.15, 0.2) is 0 Å². The lowest BCUT2D eigenvalue weighted by Crippen LogP contribution is -2.54. The van der Waals surface area contributed by atoms with Gasteiger partial charge in [0, 0.05) is 0 Å². The number of hydrogen-bond donors (Lipinski definition) is 0. The summed E-state index contributed by atoms with van der Waals surface area (Å²) >= 11 is 0.